The van der Waals surface area contributed by atoms with Crippen molar-refractivity contribution in [1.82, 2.24) is 25.3 Å². The molecule has 0 fully saturated rings. The molecule has 2 aromatic heterocycles. The van der Waals surface area contributed by atoms with Gasteiger partial charge in [-0.3, -0.25) is 15.4 Å². The SMILES string of the molecule is O=C(Nc1nc2ccccc2[nH]1)C1Cc2nc[nH]c2CN1. The predicted molar refractivity (Wildman–Crippen MR) is 77.6 cm³/mol. The standard InChI is InChI=1S/C14H14N6O/c21-13(11-5-10-12(6-15-11)17-7-16-10)20-14-18-8-3-1-2-4-9(8)19-14/h1-4,7,11,15H,5-6H2,(H,16,17)(H2,18,19,20,21). The van der Waals surface area contributed by atoms with Crippen LogP contribution in [0.3, 0.4) is 0 Å². The summed E-state index contributed by atoms with van der Waals surface area (Å²) in [5.74, 6) is 0.360. The van der Waals surface area contributed by atoms with Crippen molar-refractivity contribution in [3.63, 3.8) is 0 Å². The van der Waals surface area contributed by atoms with Crippen molar-refractivity contribution < 1.29 is 4.79 Å². The minimum absolute atomic E-state index is 0.109. The number of anilines is 1. The molecule has 7 nitrogen and oxygen atoms in total. The Bertz CT molecular complexity index is 772. The summed E-state index contributed by atoms with van der Waals surface area (Å²) in [4.78, 5) is 27.0. The van der Waals surface area contributed by atoms with E-state index in [1.54, 1.807) is 6.33 Å². The summed E-state index contributed by atoms with van der Waals surface area (Å²) in [7, 11) is 0. The molecule has 106 valence electrons. The number of aromatic amines is 2. The number of hydrogen-bond acceptors (Lipinski definition) is 4. The first-order valence-electron chi connectivity index (χ1n) is 6.80. The number of carbonyl (C=O) groups excluding carboxylic acids is 1. The monoisotopic (exact) mass is 282 g/mol. The number of aromatic nitrogens is 4. The van der Waals surface area contributed by atoms with Crippen molar-refractivity contribution in [2.45, 2.75) is 19.0 Å². The summed E-state index contributed by atoms with van der Waals surface area (Å²) in [6.45, 7) is 0.619. The van der Waals surface area contributed by atoms with Gasteiger partial charge in [-0.15, -0.1) is 0 Å². The highest BCUT2D eigenvalue weighted by Gasteiger charge is 2.26. The molecule has 21 heavy (non-hydrogen) atoms. The molecule has 3 heterocycles. The lowest BCUT2D eigenvalue weighted by Crippen LogP contribution is -2.44. The second-order valence-corrected chi connectivity index (χ2v) is 5.06. The van der Waals surface area contributed by atoms with E-state index >= 15 is 0 Å². The number of para-hydroxylation sites is 2. The largest absolute Gasteiger partial charge is 0.347 e. The highest BCUT2D eigenvalue weighted by Crippen LogP contribution is 2.16. The highest BCUT2D eigenvalue weighted by molar-refractivity contribution is 5.95. The third-order valence-corrected chi connectivity index (χ3v) is 3.68. The maximum Gasteiger partial charge on any atom is 0.244 e. The molecule has 3 aromatic rings. The van der Waals surface area contributed by atoms with Crippen LogP contribution in [0.4, 0.5) is 5.95 Å². The molecule has 0 saturated heterocycles. The topological polar surface area (TPSA) is 98.5 Å². The Hall–Kier alpha value is -2.67. The second-order valence-electron chi connectivity index (χ2n) is 5.06. The first-order valence-corrected chi connectivity index (χ1v) is 6.80. The van der Waals surface area contributed by atoms with E-state index in [1.165, 1.54) is 0 Å². The van der Waals surface area contributed by atoms with Crippen molar-refractivity contribution in [1.29, 1.82) is 0 Å². The van der Waals surface area contributed by atoms with E-state index in [0.29, 0.717) is 18.9 Å². The lowest BCUT2D eigenvalue weighted by atomic mass is 10.1. The van der Waals surface area contributed by atoms with E-state index in [9.17, 15) is 4.79 Å². The van der Waals surface area contributed by atoms with Gasteiger partial charge in [-0.25, -0.2) is 9.97 Å². The Morgan fingerprint density at radius 3 is 3.14 bits per heavy atom. The molecule has 1 aliphatic rings. The fourth-order valence-electron chi connectivity index (χ4n) is 2.57. The number of fused-ring (bicyclic) bond motifs is 2. The second kappa shape index (κ2) is 4.71. The molecule has 1 unspecified atom stereocenters. The third kappa shape index (κ3) is 2.17. The number of nitrogens with one attached hydrogen (secondary N) is 4. The Morgan fingerprint density at radius 1 is 1.33 bits per heavy atom. The minimum atomic E-state index is -0.297. The van der Waals surface area contributed by atoms with Crippen LogP contribution < -0.4 is 10.6 Å². The van der Waals surface area contributed by atoms with Crippen LogP contribution in [0.1, 0.15) is 11.4 Å². The van der Waals surface area contributed by atoms with Crippen LogP contribution in [0.25, 0.3) is 11.0 Å². The van der Waals surface area contributed by atoms with Gasteiger partial charge in [0, 0.05) is 13.0 Å². The molecular formula is C14H14N6O. The van der Waals surface area contributed by atoms with Crippen molar-refractivity contribution in [2.24, 2.45) is 0 Å². The molecule has 0 saturated carbocycles. The van der Waals surface area contributed by atoms with E-state index < -0.39 is 0 Å². The highest BCUT2D eigenvalue weighted by atomic mass is 16.2. The first-order chi connectivity index (χ1) is 10.3. The third-order valence-electron chi connectivity index (χ3n) is 3.68. The van der Waals surface area contributed by atoms with Crippen LogP contribution in [-0.2, 0) is 17.8 Å². The predicted octanol–water partition coefficient (Wildman–Crippen LogP) is 0.939. The van der Waals surface area contributed by atoms with E-state index in [4.69, 9.17) is 0 Å². The van der Waals surface area contributed by atoms with Crippen LogP contribution >= 0.6 is 0 Å². The van der Waals surface area contributed by atoms with Gasteiger partial charge in [0.15, 0.2) is 0 Å². The van der Waals surface area contributed by atoms with Gasteiger partial charge >= 0.3 is 0 Å². The molecule has 0 radical (unpaired) electrons. The minimum Gasteiger partial charge on any atom is -0.347 e. The Kier molecular flexibility index (Phi) is 2.71. The van der Waals surface area contributed by atoms with Gasteiger partial charge < -0.3 is 9.97 Å². The van der Waals surface area contributed by atoms with Crippen LogP contribution in [0, 0.1) is 0 Å². The van der Waals surface area contributed by atoms with E-state index in [-0.39, 0.29) is 11.9 Å². The van der Waals surface area contributed by atoms with Crippen LogP contribution in [0.15, 0.2) is 30.6 Å². The van der Waals surface area contributed by atoms with Gasteiger partial charge in [0.05, 0.1) is 34.8 Å². The van der Waals surface area contributed by atoms with Gasteiger partial charge in [-0.2, -0.15) is 0 Å². The Labute approximate surface area is 120 Å². The zero-order valence-corrected chi connectivity index (χ0v) is 11.2. The zero-order chi connectivity index (χ0) is 14.2. The smallest absolute Gasteiger partial charge is 0.244 e. The van der Waals surface area contributed by atoms with Crippen molar-refractivity contribution in [3.8, 4) is 0 Å². The average molecular weight is 282 g/mol. The summed E-state index contributed by atoms with van der Waals surface area (Å²) < 4.78 is 0. The number of rotatable bonds is 2. The van der Waals surface area contributed by atoms with Crippen molar-refractivity contribution in [2.75, 3.05) is 5.32 Å². The molecule has 4 N–H and O–H groups in total. The maximum atomic E-state index is 12.3. The van der Waals surface area contributed by atoms with Crippen LogP contribution in [-0.4, -0.2) is 31.9 Å². The summed E-state index contributed by atoms with van der Waals surface area (Å²) in [5.41, 5.74) is 3.72. The molecule has 4 rings (SSSR count). The molecule has 1 aromatic carbocycles. The lowest BCUT2D eigenvalue weighted by molar-refractivity contribution is -0.118. The summed E-state index contributed by atoms with van der Waals surface area (Å²) >= 11 is 0. The molecular weight excluding hydrogens is 268 g/mol. The van der Waals surface area contributed by atoms with E-state index in [0.717, 1.165) is 22.4 Å². The van der Waals surface area contributed by atoms with E-state index in [2.05, 4.69) is 30.6 Å². The fraction of sp³-hybridized carbons (Fsp3) is 0.214. The van der Waals surface area contributed by atoms with Crippen molar-refractivity contribution in [3.05, 3.63) is 42.0 Å². The van der Waals surface area contributed by atoms with Crippen LogP contribution in [0.5, 0.6) is 0 Å². The van der Waals surface area contributed by atoms with Gasteiger partial charge in [0.1, 0.15) is 0 Å². The van der Waals surface area contributed by atoms with Gasteiger partial charge in [-0.05, 0) is 12.1 Å². The molecule has 0 bridgehead atoms. The number of imidazole rings is 2. The Morgan fingerprint density at radius 2 is 2.24 bits per heavy atom. The quantitative estimate of drug-likeness (QED) is 0.562. The fourth-order valence-corrected chi connectivity index (χ4v) is 2.57. The van der Waals surface area contributed by atoms with Crippen LogP contribution in [0.2, 0.25) is 0 Å². The molecule has 7 heteroatoms. The summed E-state index contributed by atoms with van der Waals surface area (Å²) in [5, 5.41) is 6.01. The first kappa shape index (κ1) is 12.1. The maximum absolute atomic E-state index is 12.3. The number of benzene rings is 1. The Balaban J connectivity index is 1.51. The molecule has 0 spiro atoms. The summed E-state index contributed by atoms with van der Waals surface area (Å²) in [6, 6.07) is 7.36. The van der Waals surface area contributed by atoms with Gasteiger partial charge in [-0.1, -0.05) is 12.1 Å². The van der Waals surface area contributed by atoms with Crippen molar-refractivity contribution >= 4 is 22.9 Å². The van der Waals surface area contributed by atoms with Gasteiger partial charge in [0.25, 0.3) is 0 Å². The lowest BCUT2D eigenvalue weighted by Gasteiger charge is -2.21. The van der Waals surface area contributed by atoms with E-state index in [1.807, 2.05) is 24.3 Å². The number of carbonyl (C=O) groups is 1. The molecule has 1 aliphatic heterocycles. The molecule has 1 atom stereocenters. The average Bonchev–Trinajstić information content (AvgIpc) is 3.11. The normalized spacial score (nSPS) is 17.6. The number of H-pyrrole nitrogens is 2. The molecule has 1 amide bonds. The zero-order valence-electron chi connectivity index (χ0n) is 11.2. The number of amides is 1. The number of hydrogen-bond donors (Lipinski definition) is 4. The van der Waals surface area contributed by atoms with Gasteiger partial charge in [0.2, 0.25) is 11.9 Å². The summed E-state index contributed by atoms with van der Waals surface area (Å²) in [6.07, 6.45) is 2.23. The molecule has 0 aliphatic carbocycles. The number of nitrogens with zero attached hydrogens (tertiary/aromatic N) is 2.